The third-order valence-electron chi connectivity index (χ3n) is 7.37. The van der Waals surface area contributed by atoms with E-state index in [1.165, 1.54) is 0 Å². The first-order valence-corrected chi connectivity index (χ1v) is 14.7. The molecule has 0 radical (unpaired) electrons. The highest BCUT2D eigenvalue weighted by molar-refractivity contribution is 5.67. The van der Waals surface area contributed by atoms with Crippen LogP contribution in [0.4, 0.5) is 9.59 Å². The fourth-order valence-electron chi connectivity index (χ4n) is 4.75. The number of nitrogens with one attached hydrogen (secondary N) is 1. The van der Waals surface area contributed by atoms with Gasteiger partial charge >= 0.3 is 12.2 Å². The molecule has 2 aliphatic heterocycles. The molecule has 2 aromatic carbocycles. The molecule has 2 amide bonds. The molecule has 8 nitrogen and oxygen atoms in total. The van der Waals surface area contributed by atoms with Gasteiger partial charge in [0.1, 0.15) is 13.2 Å². The molecule has 2 heterocycles. The lowest BCUT2D eigenvalue weighted by molar-refractivity contribution is 0.0573. The van der Waals surface area contributed by atoms with Crippen molar-refractivity contribution in [2.24, 2.45) is 11.8 Å². The van der Waals surface area contributed by atoms with Crippen LogP contribution < -0.4 is 5.32 Å². The number of carbonyl (C=O) groups excluding carboxylic acids is 2. The van der Waals surface area contributed by atoms with Crippen molar-refractivity contribution in [1.29, 1.82) is 0 Å². The molecule has 2 aliphatic rings. The third-order valence-corrected chi connectivity index (χ3v) is 7.37. The zero-order valence-electron chi connectivity index (χ0n) is 23.9. The van der Waals surface area contributed by atoms with Crippen molar-refractivity contribution in [3.05, 3.63) is 71.8 Å². The summed E-state index contributed by atoms with van der Waals surface area (Å²) in [7, 11) is 0. The molecular weight excluding hydrogens is 508 g/mol. The Kier molecular flexibility index (Phi) is 15.0. The first kappa shape index (κ1) is 31.4. The van der Waals surface area contributed by atoms with Crippen molar-refractivity contribution in [2.45, 2.75) is 58.7 Å². The van der Waals surface area contributed by atoms with Crippen molar-refractivity contribution in [1.82, 2.24) is 10.2 Å². The molecule has 220 valence electrons. The first-order valence-electron chi connectivity index (χ1n) is 14.7. The van der Waals surface area contributed by atoms with Gasteiger partial charge in [-0.2, -0.15) is 0 Å². The van der Waals surface area contributed by atoms with Crippen LogP contribution in [-0.4, -0.2) is 63.1 Å². The Bertz CT molecular complexity index is 946. The number of hydrogen-bond acceptors (Lipinski definition) is 6. The van der Waals surface area contributed by atoms with E-state index in [1.54, 1.807) is 4.90 Å². The number of benzene rings is 2. The molecule has 0 aliphatic carbocycles. The SMILES string of the molecule is CCN(CCC1CCOCC1)C(=O)OCc1ccccc1.O=C(NCCC1CCOCC1)OCc1ccccc1. The maximum Gasteiger partial charge on any atom is 0.410 e. The number of amides is 2. The predicted octanol–water partition coefficient (Wildman–Crippen LogP) is 6.19. The average Bonchev–Trinajstić information content (AvgIpc) is 3.02. The van der Waals surface area contributed by atoms with Crippen LogP contribution in [0.15, 0.2) is 60.7 Å². The molecule has 0 spiro atoms. The number of rotatable bonds is 11. The lowest BCUT2D eigenvalue weighted by Crippen LogP contribution is -2.33. The Morgan fingerprint density at radius 1 is 0.775 bits per heavy atom. The van der Waals surface area contributed by atoms with Crippen molar-refractivity contribution in [3.8, 4) is 0 Å². The van der Waals surface area contributed by atoms with Crippen LogP contribution in [0.3, 0.4) is 0 Å². The summed E-state index contributed by atoms with van der Waals surface area (Å²) in [5.74, 6) is 1.35. The van der Waals surface area contributed by atoms with Crippen LogP contribution in [0.25, 0.3) is 0 Å². The van der Waals surface area contributed by atoms with Gasteiger partial charge < -0.3 is 29.2 Å². The maximum atomic E-state index is 12.1. The van der Waals surface area contributed by atoms with Gasteiger partial charge in [-0.3, -0.25) is 0 Å². The number of nitrogens with zero attached hydrogens (tertiary/aromatic N) is 1. The number of hydrogen-bond donors (Lipinski definition) is 1. The van der Waals surface area contributed by atoms with Gasteiger partial charge in [0.2, 0.25) is 0 Å². The van der Waals surface area contributed by atoms with Crippen molar-refractivity contribution in [2.75, 3.05) is 46.1 Å². The largest absolute Gasteiger partial charge is 0.445 e. The van der Waals surface area contributed by atoms with E-state index >= 15 is 0 Å². The second kappa shape index (κ2) is 19.1. The summed E-state index contributed by atoms with van der Waals surface area (Å²) in [6.07, 6.45) is 5.90. The standard InChI is InChI=1S/C17H25NO3.C15H21NO3/c1-2-18(11-8-15-9-12-20-13-10-15)17(19)21-14-16-6-4-3-5-7-16;17-15(19-12-14-4-2-1-3-5-14)16-9-6-13-7-10-18-11-8-13/h3-7,15H,2,8-14H2,1H3;1-5,13H,6-12H2,(H,16,17). The minimum atomic E-state index is -0.337. The maximum absolute atomic E-state index is 12.1. The topological polar surface area (TPSA) is 86.3 Å². The van der Waals surface area contributed by atoms with Gasteiger partial charge in [0.15, 0.2) is 0 Å². The summed E-state index contributed by atoms with van der Waals surface area (Å²) in [5.41, 5.74) is 2.02. The fraction of sp³-hybridized carbons (Fsp3) is 0.562. The first-order chi connectivity index (χ1) is 19.6. The quantitative estimate of drug-likeness (QED) is 0.356. The smallest absolute Gasteiger partial charge is 0.410 e. The van der Waals surface area contributed by atoms with Crippen LogP contribution in [-0.2, 0) is 32.2 Å². The minimum absolute atomic E-state index is 0.214. The van der Waals surface area contributed by atoms with E-state index in [2.05, 4.69) is 5.32 Å². The van der Waals surface area contributed by atoms with Crippen LogP contribution >= 0.6 is 0 Å². The lowest BCUT2D eigenvalue weighted by atomic mass is 9.96. The van der Waals surface area contributed by atoms with Crippen LogP contribution in [0.1, 0.15) is 56.6 Å². The summed E-state index contributed by atoms with van der Waals surface area (Å²) in [5, 5.41) is 2.80. The van der Waals surface area contributed by atoms with Crippen LogP contribution in [0.2, 0.25) is 0 Å². The molecule has 0 aromatic heterocycles. The Morgan fingerprint density at radius 2 is 1.27 bits per heavy atom. The van der Waals surface area contributed by atoms with Gasteiger partial charge in [0, 0.05) is 46.1 Å². The molecule has 40 heavy (non-hydrogen) atoms. The van der Waals surface area contributed by atoms with Gasteiger partial charge in [-0.1, -0.05) is 60.7 Å². The van der Waals surface area contributed by atoms with Crippen molar-refractivity contribution >= 4 is 12.2 Å². The minimum Gasteiger partial charge on any atom is -0.445 e. The molecule has 2 saturated heterocycles. The molecule has 1 N–H and O–H groups in total. The molecule has 4 rings (SSSR count). The van der Waals surface area contributed by atoms with Crippen LogP contribution in [0.5, 0.6) is 0 Å². The van der Waals surface area contributed by atoms with E-state index in [4.69, 9.17) is 18.9 Å². The Hall–Kier alpha value is -3.10. The Balaban J connectivity index is 0.000000222. The number of carbonyl (C=O) groups is 2. The van der Waals surface area contributed by atoms with E-state index < -0.39 is 0 Å². The lowest BCUT2D eigenvalue weighted by Gasteiger charge is -2.26. The van der Waals surface area contributed by atoms with Gasteiger partial charge in [0.25, 0.3) is 0 Å². The van der Waals surface area contributed by atoms with Gasteiger partial charge in [-0.15, -0.1) is 0 Å². The molecule has 0 unspecified atom stereocenters. The van der Waals surface area contributed by atoms with E-state index in [1.807, 2.05) is 67.6 Å². The summed E-state index contributed by atoms with van der Waals surface area (Å²) < 4.78 is 21.2. The van der Waals surface area contributed by atoms with E-state index in [0.717, 1.165) is 82.6 Å². The molecular formula is C32H46N2O6. The highest BCUT2D eigenvalue weighted by Gasteiger charge is 2.18. The summed E-state index contributed by atoms with van der Waals surface area (Å²) >= 11 is 0. The van der Waals surface area contributed by atoms with Gasteiger partial charge in [-0.25, -0.2) is 9.59 Å². The third kappa shape index (κ3) is 12.8. The second-order valence-corrected chi connectivity index (χ2v) is 10.3. The average molecular weight is 555 g/mol. The monoisotopic (exact) mass is 554 g/mol. The highest BCUT2D eigenvalue weighted by Crippen LogP contribution is 2.19. The van der Waals surface area contributed by atoms with E-state index in [-0.39, 0.29) is 12.2 Å². The van der Waals surface area contributed by atoms with E-state index in [9.17, 15) is 9.59 Å². The van der Waals surface area contributed by atoms with E-state index in [0.29, 0.717) is 38.1 Å². The van der Waals surface area contributed by atoms with Gasteiger partial charge in [0.05, 0.1) is 0 Å². The summed E-state index contributed by atoms with van der Waals surface area (Å²) in [6, 6.07) is 19.5. The Morgan fingerprint density at radius 3 is 1.80 bits per heavy atom. The number of ether oxygens (including phenoxy) is 4. The molecule has 8 heteroatoms. The predicted molar refractivity (Wildman–Crippen MR) is 155 cm³/mol. The van der Waals surface area contributed by atoms with Crippen molar-refractivity contribution in [3.63, 3.8) is 0 Å². The summed E-state index contributed by atoms with van der Waals surface area (Å²) in [6.45, 7) is 8.21. The zero-order chi connectivity index (χ0) is 28.3. The molecule has 2 fully saturated rings. The second-order valence-electron chi connectivity index (χ2n) is 10.3. The number of alkyl carbamates (subject to hydrolysis) is 1. The summed E-state index contributed by atoms with van der Waals surface area (Å²) in [4.78, 5) is 25.4. The molecule has 0 saturated carbocycles. The van der Waals surface area contributed by atoms with Crippen molar-refractivity contribution < 1.29 is 28.5 Å². The van der Waals surface area contributed by atoms with Crippen LogP contribution in [0, 0.1) is 11.8 Å². The van der Waals surface area contributed by atoms with Gasteiger partial charge in [-0.05, 0) is 68.4 Å². The molecule has 0 atom stereocenters. The normalized spacial score (nSPS) is 15.8. The highest BCUT2D eigenvalue weighted by atomic mass is 16.6. The Labute approximate surface area is 239 Å². The fourth-order valence-corrected chi connectivity index (χ4v) is 4.75. The zero-order valence-corrected chi connectivity index (χ0v) is 23.9. The molecule has 0 bridgehead atoms. The molecule has 2 aromatic rings.